The van der Waals surface area contributed by atoms with E-state index in [-0.39, 0.29) is 0 Å². The Morgan fingerprint density at radius 2 is 2.25 bits per heavy atom. The van der Waals surface area contributed by atoms with Crippen molar-refractivity contribution in [3.63, 3.8) is 0 Å². The number of piperidine rings is 1. The van der Waals surface area contributed by atoms with E-state index in [1.54, 1.807) is 0 Å². The predicted octanol–water partition coefficient (Wildman–Crippen LogP) is 4.31. The standard InChI is InChI=1S/C16H24BrClN2/c1-12(2)20(10-13-4-3-7-19-9-13)11-14-5-6-15(18)8-16(14)17/h5-6,8,12-13,19H,3-4,7,9-11H2,1-2H3. The first-order valence-corrected chi connectivity index (χ1v) is 8.62. The molecule has 2 nitrogen and oxygen atoms in total. The molecule has 0 saturated carbocycles. The highest BCUT2D eigenvalue weighted by Gasteiger charge is 2.19. The summed E-state index contributed by atoms with van der Waals surface area (Å²) in [5.41, 5.74) is 1.31. The van der Waals surface area contributed by atoms with Crippen molar-refractivity contribution in [2.45, 2.75) is 39.3 Å². The van der Waals surface area contributed by atoms with Gasteiger partial charge in [0, 0.05) is 28.6 Å². The fourth-order valence-electron chi connectivity index (χ4n) is 2.74. The van der Waals surface area contributed by atoms with Gasteiger partial charge in [-0.1, -0.05) is 33.6 Å². The summed E-state index contributed by atoms with van der Waals surface area (Å²) in [7, 11) is 0. The van der Waals surface area contributed by atoms with Gasteiger partial charge >= 0.3 is 0 Å². The van der Waals surface area contributed by atoms with Gasteiger partial charge in [0.15, 0.2) is 0 Å². The zero-order chi connectivity index (χ0) is 14.5. The van der Waals surface area contributed by atoms with Crippen molar-refractivity contribution in [2.75, 3.05) is 19.6 Å². The molecule has 0 spiro atoms. The average molecular weight is 360 g/mol. The lowest BCUT2D eigenvalue weighted by molar-refractivity contribution is 0.163. The predicted molar refractivity (Wildman–Crippen MR) is 90.3 cm³/mol. The molecule has 1 aromatic carbocycles. The minimum absolute atomic E-state index is 0.555. The van der Waals surface area contributed by atoms with Gasteiger partial charge in [-0.05, 0) is 63.4 Å². The SMILES string of the molecule is CC(C)N(Cc1ccc(Cl)cc1Br)CC1CCCNC1. The van der Waals surface area contributed by atoms with E-state index in [1.165, 1.54) is 31.5 Å². The number of nitrogens with zero attached hydrogens (tertiary/aromatic N) is 1. The second-order valence-corrected chi connectivity index (χ2v) is 7.26. The molecule has 1 unspecified atom stereocenters. The van der Waals surface area contributed by atoms with E-state index in [0.29, 0.717) is 6.04 Å². The van der Waals surface area contributed by atoms with E-state index < -0.39 is 0 Å². The molecule has 1 atom stereocenters. The molecule has 0 aliphatic carbocycles. The van der Waals surface area contributed by atoms with Gasteiger partial charge in [0.2, 0.25) is 0 Å². The van der Waals surface area contributed by atoms with E-state index in [9.17, 15) is 0 Å². The van der Waals surface area contributed by atoms with Crippen LogP contribution in [-0.2, 0) is 6.54 Å². The largest absolute Gasteiger partial charge is 0.316 e. The van der Waals surface area contributed by atoms with Gasteiger partial charge in [-0.3, -0.25) is 4.90 Å². The Kier molecular flexibility index (Phi) is 6.34. The summed E-state index contributed by atoms with van der Waals surface area (Å²) in [4.78, 5) is 2.56. The number of benzene rings is 1. The van der Waals surface area contributed by atoms with Crippen LogP contribution in [0, 0.1) is 5.92 Å². The highest BCUT2D eigenvalue weighted by Crippen LogP contribution is 2.24. The van der Waals surface area contributed by atoms with Gasteiger partial charge in [0.1, 0.15) is 0 Å². The van der Waals surface area contributed by atoms with E-state index in [1.807, 2.05) is 12.1 Å². The van der Waals surface area contributed by atoms with Crippen LogP contribution in [0.15, 0.2) is 22.7 Å². The summed E-state index contributed by atoms with van der Waals surface area (Å²) in [5.74, 6) is 0.775. The van der Waals surface area contributed by atoms with Crippen LogP contribution >= 0.6 is 27.5 Å². The summed E-state index contributed by atoms with van der Waals surface area (Å²) in [5, 5.41) is 4.29. The lowest BCUT2D eigenvalue weighted by atomic mass is 9.98. The van der Waals surface area contributed by atoms with Crippen molar-refractivity contribution < 1.29 is 0 Å². The summed E-state index contributed by atoms with van der Waals surface area (Å²) in [6.07, 6.45) is 2.65. The maximum atomic E-state index is 6.02. The second-order valence-electron chi connectivity index (χ2n) is 5.97. The number of hydrogen-bond donors (Lipinski definition) is 1. The third-order valence-corrected chi connectivity index (χ3v) is 4.98. The molecular weight excluding hydrogens is 336 g/mol. The van der Waals surface area contributed by atoms with Gasteiger partial charge in [-0.2, -0.15) is 0 Å². The molecule has 1 N–H and O–H groups in total. The van der Waals surface area contributed by atoms with Crippen molar-refractivity contribution >= 4 is 27.5 Å². The third-order valence-electron chi connectivity index (χ3n) is 4.01. The molecule has 2 rings (SSSR count). The second kappa shape index (κ2) is 7.79. The topological polar surface area (TPSA) is 15.3 Å². The van der Waals surface area contributed by atoms with Crippen molar-refractivity contribution in [2.24, 2.45) is 5.92 Å². The van der Waals surface area contributed by atoms with Crippen molar-refractivity contribution in [3.05, 3.63) is 33.3 Å². The van der Waals surface area contributed by atoms with E-state index >= 15 is 0 Å². The summed E-state index contributed by atoms with van der Waals surface area (Å²) < 4.78 is 1.11. The van der Waals surface area contributed by atoms with Crippen LogP contribution in [0.5, 0.6) is 0 Å². The maximum absolute atomic E-state index is 6.02. The van der Waals surface area contributed by atoms with Crippen LogP contribution < -0.4 is 5.32 Å². The molecule has 1 aliphatic rings. The molecule has 0 radical (unpaired) electrons. The lowest BCUT2D eigenvalue weighted by Gasteiger charge is -2.33. The molecule has 1 fully saturated rings. The van der Waals surface area contributed by atoms with Crippen LogP contribution in [0.3, 0.4) is 0 Å². The minimum atomic E-state index is 0.555. The number of hydrogen-bond acceptors (Lipinski definition) is 2. The molecule has 1 aromatic rings. The quantitative estimate of drug-likeness (QED) is 0.842. The Hall–Kier alpha value is -0.0900. The van der Waals surface area contributed by atoms with Gasteiger partial charge < -0.3 is 5.32 Å². The molecule has 0 amide bonds. The molecule has 1 aliphatic heterocycles. The molecule has 20 heavy (non-hydrogen) atoms. The summed E-state index contributed by atoms with van der Waals surface area (Å²) in [6, 6.07) is 6.64. The van der Waals surface area contributed by atoms with Crippen LogP contribution in [0.4, 0.5) is 0 Å². The smallest absolute Gasteiger partial charge is 0.0417 e. The zero-order valence-corrected chi connectivity index (χ0v) is 14.7. The van der Waals surface area contributed by atoms with Crippen LogP contribution in [0.1, 0.15) is 32.3 Å². The van der Waals surface area contributed by atoms with E-state index in [2.05, 4.69) is 46.1 Å². The highest BCUT2D eigenvalue weighted by molar-refractivity contribution is 9.10. The third kappa shape index (κ3) is 4.73. The van der Waals surface area contributed by atoms with E-state index in [0.717, 1.165) is 28.5 Å². The van der Waals surface area contributed by atoms with Crippen molar-refractivity contribution in [3.8, 4) is 0 Å². The summed E-state index contributed by atoms with van der Waals surface area (Å²) in [6.45, 7) is 9.04. The van der Waals surface area contributed by atoms with Crippen LogP contribution in [0.25, 0.3) is 0 Å². The molecule has 0 aromatic heterocycles. The molecule has 1 saturated heterocycles. The number of halogens is 2. The molecule has 1 heterocycles. The van der Waals surface area contributed by atoms with Gasteiger partial charge in [0.05, 0.1) is 0 Å². The van der Waals surface area contributed by atoms with Crippen molar-refractivity contribution in [1.29, 1.82) is 0 Å². The zero-order valence-electron chi connectivity index (χ0n) is 12.3. The Morgan fingerprint density at radius 3 is 2.85 bits per heavy atom. The molecule has 112 valence electrons. The number of nitrogens with one attached hydrogen (secondary N) is 1. The Labute approximate surface area is 136 Å². The highest BCUT2D eigenvalue weighted by atomic mass is 79.9. The average Bonchev–Trinajstić information content (AvgIpc) is 2.42. The first-order chi connectivity index (χ1) is 9.56. The Balaban J connectivity index is 2.01. The first kappa shape index (κ1) is 16.3. The Morgan fingerprint density at radius 1 is 1.45 bits per heavy atom. The fourth-order valence-corrected chi connectivity index (χ4v) is 3.55. The van der Waals surface area contributed by atoms with Gasteiger partial charge in [0.25, 0.3) is 0 Å². The minimum Gasteiger partial charge on any atom is -0.316 e. The van der Waals surface area contributed by atoms with Crippen LogP contribution in [0.2, 0.25) is 5.02 Å². The lowest BCUT2D eigenvalue weighted by Crippen LogP contribution is -2.40. The molecule has 0 bridgehead atoms. The van der Waals surface area contributed by atoms with Crippen molar-refractivity contribution in [1.82, 2.24) is 10.2 Å². The number of rotatable bonds is 5. The normalized spacial score (nSPS) is 19.8. The van der Waals surface area contributed by atoms with E-state index in [4.69, 9.17) is 11.6 Å². The van der Waals surface area contributed by atoms with Gasteiger partial charge in [-0.25, -0.2) is 0 Å². The summed E-state index contributed by atoms with van der Waals surface area (Å²) >= 11 is 9.65. The van der Waals surface area contributed by atoms with Crippen LogP contribution in [-0.4, -0.2) is 30.6 Å². The van der Waals surface area contributed by atoms with Gasteiger partial charge in [-0.15, -0.1) is 0 Å². The molecular formula is C16H24BrClN2. The maximum Gasteiger partial charge on any atom is 0.0417 e. The fraction of sp³-hybridized carbons (Fsp3) is 0.625. The Bertz CT molecular complexity index is 430. The first-order valence-electron chi connectivity index (χ1n) is 7.45. The monoisotopic (exact) mass is 358 g/mol. The molecule has 4 heteroatoms.